The summed E-state index contributed by atoms with van der Waals surface area (Å²) in [5.74, 6) is 1.06. The zero-order valence-electron chi connectivity index (χ0n) is 20.3. The van der Waals surface area contributed by atoms with Crippen LogP contribution in [0, 0.1) is 0 Å². The molecule has 0 aromatic heterocycles. The van der Waals surface area contributed by atoms with E-state index < -0.39 is 0 Å². The molecule has 2 heteroatoms. The summed E-state index contributed by atoms with van der Waals surface area (Å²) >= 11 is 0. The van der Waals surface area contributed by atoms with Gasteiger partial charge < -0.3 is 4.74 Å². The van der Waals surface area contributed by atoms with Crippen LogP contribution in [0.1, 0.15) is 91.2 Å². The third kappa shape index (κ3) is 6.86. The van der Waals surface area contributed by atoms with E-state index in [0.717, 1.165) is 42.4 Å². The first-order chi connectivity index (χ1) is 14.3. The molecule has 0 aliphatic heterocycles. The number of allylic oxidation sites excluding steroid dienone is 7. The van der Waals surface area contributed by atoms with E-state index in [0.29, 0.717) is 17.3 Å². The third-order valence-corrected chi connectivity index (χ3v) is 5.52. The van der Waals surface area contributed by atoms with Crippen molar-refractivity contribution in [2.24, 2.45) is 0 Å². The van der Waals surface area contributed by atoms with Gasteiger partial charge in [-0.1, -0.05) is 82.2 Å². The predicted octanol–water partition coefficient (Wildman–Crippen LogP) is 8.18. The monoisotopic (exact) mass is 408 g/mol. The maximum atomic E-state index is 13.0. The van der Waals surface area contributed by atoms with E-state index in [2.05, 4.69) is 78.0 Å². The highest BCUT2D eigenvalue weighted by Crippen LogP contribution is 2.34. The highest BCUT2D eigenvalue weighted by atomic mass is 16.5. The molecule has 0 fully saturated rings. The third-order valence-electron chi connectivity index (χ3n) is 5.52. The Kier molecular flexibility index (Phi) is 11.2. The molecule has 0 radical (unpaired) electrons. The lowest BCUT2D eigenvalue weighted by Crippen LogP contribution is -2.09. The Morgan fingerprint density at radius 3 is 2.27 bits per heavy atom. The smallest absolute Gasteiger partial charge is 0.164 e. The second kappa shape index (κ2) is 13.1. The number of rotatable bonds is 11. The average Bonchev–Trinajstić information content (AvgIpc) is 2.73. The minimum Gasteiger partial charge on any atom is -0.495 e. The molecule has 0 heterocycles. The highest BCUT2D eigenvalue weighted by molar-refractivity contribution is 6.05. The number of carbonyl (C=O) groups excluding carboxylic acids is 1. The quantitative estimate of drug-likeness (QED) is 0.210. The Hall–Kier alpha value is -2.35. The molecule has 0 saturated carbocycles. The van der Waals surface area contributed by atoms with Gasteiger partial charge >= 0.3 is 0 Å². The summed E-state index contributed by atoms with van der Waals surface area (Å²) in [7, 11) is 1.67. The Morgan fingerprint density at radius 1 is 1.07 bits per heavy atom. The topological polar surface area (TPSA) is 26.3 Å². The maximum absolute atomic E-state index is 13.0. The molecule has 0 bridgehead atoms. The van der Waals surface area contributed by atoms with Crippen LogP contribution in [0.3, 0.4) is 0 Å². The molecule has 0 N–H and O–H groups in total. The summed E-state index contributed by atoms with van der Waals surface area (Å²) in [5, 5.41) is 0. The summed E-state index contributed by atoms with van der Waals surface area (Å²) in [6, 6.07) is 8.28. The van der Waals surface area contributed by atoms with E-state index in [-0.39, 0.29) is 5.78 Å². The maximum Gasteiger partial charge on any atom is 0.164 e. The molecular formula is C28H40O2. The zero-order valence-corrected chi connectivity index (χ0v) is 20.3. The summed E-state index contributed by atoms with van der Waals surface area (Å²) in [4.78, 5) is 13.0. The highest BCUT2D eigenvalue weighted by Gasteiger charge is 2.22. The van der Waals surface area contributed by atoms with Crippen molar-refractivity contribution in [1.82, 2.24) is 0 Å². The van der Waals surface area contributed by atoms with Gasteiger partial charge in [0.25, 0.3) is 0 Å². The van der Waals surface area contributed by atoms with Crippen LogP contribution in [0.4, 0.5) is 0 Å². The van der Waals surface area contributed by atoms with E-state index in [9.17, 15) is 4.79 Å². The van der Waals surface area contributed by atoms with Gasteiger partial charge in [0.15, 0.2) is 5.78 Å². The van der Waals surface area contributed by atoms with E-state index in [1.807, 2.05) is 6.07 Å². The number of hydrogen-bond donors (Lipinski definition) is 0. The normalized spacial score (nSPS) is 15.0. The minimum absolute atomic E-state index is 0.0162. The van der Waals surface area contributed by atoms with Gasteiger partial charge in [-0.05, 0) is 62.7 Å². The lowest BCUT2D eigenvalue weighted by Gasteiger charge is -2.21. The van der Waals surface area contributed by atoms with Crippen LogP contribution in [0.5, 0.6) is 0 Å². The molecule has 164 valence electrons. The molecule has 1 aromatic carbocycles. The number of Topliss-reactive ketones (excluding diaryl/α,β-unsaturated/α-hetero) is 1. The molecule has 0 aliphatic rings. The van der Waals surface area contributed by atoms with Crippen molar-refractivity contribution in [3.63, 3.8) is 0 Å². The molecule has 1 atom stereocenters. The molecule has 0 amide bonds. The van der Waals surface area contributed by atoms with Gasteiger partial charge in [-0.15, -0.1) is 0 Å². The number of hydrogen-bond acceptors (Lipinski definition) is 2. The molecular weight excluding hydrogens is 368 g/mol. The summed E-state index contributed by atoms with van der Waals surface area (Å²) in [6.45, 7) is 14.6. The lowest BCUT2D eigenvalue weighted by molar-refractivity contribution is -0.113. The van der Waals surface area contributed by atoms with Crippen molar-refractivity contribution >= 4 is 11.5 Å². The molecule has 1 aromatic rings. The van der Waals surface area contributed by atoms with Gasteiger partial charge in [0.05, 0.1) is 12.7 Å². The largest absolute Gasteiger partial charge is 0.495 e. The van der Waals surface area contributed by atoms with Gasteiger partial charge in [0.1, 0.15) is 5.76 Å². The van der Waals surface area contributed by atoms with Crippen molar-refractivity contribution in [3.05, 3.63) is 75.9 Å². The SMILES string of the molecule is CC\C=C(C)/C(=C\C=C(\C)CCC)C(/C(C)=O)=C(\OC)c1ccccc1C(C)CC. The van der Waals surface area contributed by atoms with E-state index in [1.165, 1.54) is 11.1 Å². The van der Waals surface area contributed by atoms with Crippen LogP contribution < -0.4 is 0 Å². The van der Waals surface area contributed by atoms with Crippen LogP contribution >= 0.6 is 0 Å². The standard InChI is InChI=1S/C28H40O2/c1-9-14-20(4)18-19-25(22(6)15-10-2)27(23(7)29)28(30-8)26-17-13-12-16-24(26)21(5)11-3/h12-13,15-19,21H,9-11,14H2,1-8H3/b20-18-,22-15-,25-19+,28-27-. The van der Waals surface area contributed by atoms with E-state index in [4.69, 9.17) is 4.74 Å². The molecule has 0 saturated heterocycles. The van der Waals surface area contributed by atoms with Crippen molar-refractivity contribution in [3.8, 4) is 0 Å². The fourth-order valence-electron chi connectivity index (χ4n) is 3.70. The van der Waals surface area contributed by atoms with Crippen molar-refractivity contribution < 1.29 is 9.53 Å². The second-order valence-corrected chi connectivity index (χ2v) is 8.00. The van der Waals surface area contributed by atoms with E-state index in [1.54, 1.807) is 14.0 Å². The van der Waals surface area contributed by atoms with Gasteiger partial charge in [0.2, 0.25) is 0 Å². The lowest BCUT2D eigenvalue weighted by atomic mass is 9.87. The number of carbonyl (C=O) groups is 1. The van der Waals surface area contributed by atoms with Crippen LogP contribution in [-0.4, -0.2) is 12.9 Å². The Morgan fingerprint density at radius 2 is 1.73 bits per heavy atom. The number of ketones is 1. The number of methoxy groups -OCH3 is 1. The minimum atomic E-state index is 0.0162. The van der Waals surface area contributed by atoms with Gasteiger partial charge in [-0.3, -0.25) is 4.79 Å². The van der Waals surface area contributed by atoms with Crippen molar-refractivity contribution in [1.29, 1.82) is 0 Å². The fraction of sp³-hybridized carbons (Fsp3) is 0.464. The number of ether oxygens (including phenoxy) is 1. The average molecular weight is 409 g/mol. The molecule has 1 rings (SSSR count). The van der Waals surface area contributed by atoms with Gasteiger partial charge in [-0.2, -0.15) is 0 Å². The summed E-state index contributed by atoms with van der Waals surface area (Å²) in [5.41, 5.74) is 6.21. The molecule has 30 heavy (non-hydrogen) atoms. The molecule has 0 spiro atoms. The summed E-state index contributed by atoms with van der Waals surface area (Å²) in [6.07, 6.45) is 10.5. The Bertz CT molecular complexity index is 834. The first-order valence-electron chi connectivity index (χ1n) is 11.3. The molecule has 0 aliphatic carbocycles. The zero-order chi connectivity index (χ0) is 22.7. The van der Waals surface area contributed by atoms with Crippen molar-refractivity contribution in [2.45, 2.75) is 80.1 Å². The Labute approximate surface area is 184 Å². The van der Waals surface area contributed by atoms with Crippen molar-refractivity contribution in [2.75, 3.05) is 7.11 Å². The van der Waals surface area contributed by atoms with Crippen LogP contribution in [0.25, 0.3) is 5.76 Å². The van der Waals surface area contributed by atoms with Crippen LogP contribution in [0.15, 0.2) is 64.8 Å². The van der Waals surface area contributed by atoms with Gasteiger partial charge in [-0.25, -0.2) is 0 Å². The fourth-order valence-corrected chi connectivity index (χ4v) is 3.70. The first-order valence-corrected chi connectivity index (χ1v) is 11.3. The second-order valence-electron chi connectivity index (χ2n) is 8.00. The van der Waals surface area contributed by atoms with Gasteiger partial charge in [0, 0.05) is 5.56 Å². The number of benzene rings is 1. The summed E-state index contributed by atoms with van der Waals surface area (Å²) < 4.78 is 5.93. The molecule has 2 nitrogen and oxygen atoms in total. The first kappa shape index (κ1) is 25.7. The Balaban J connectivity index is 3.88. The predicted molar refractivity (Wildman–Crippen MR) is 131 cm³/mol. The van der Waals surface area contributed by atoms with E-state index >= 15 is 0 Å². The molecule has 1 unspecified atom stereocenters. The van der Waals surface area contributed by atoms with Crippen LogP contribution in [0.2, 0.25) is 0 Å². The van der Waals surface area contributed by atoms with Crippen LogP contribution in [-0.2, 0) is 9.53 Å².